The summed E-state index contributed by atoms with van der Waals surface area (Å²) in [7, 11) is 0. The van der Waals surface area contributed by atoms with Crippen LogP contribution in [0.4, 0.5) is 0 Å². The maximum atomic E-state index is 11.9. The van der Waals surface area contributed by atoms with Crippen molar-refractivity contribution < 1.29 is 4.79 Å². The molecule has 0 bridgehead atoms. The van der Waals surface area contributed by atoms with E-state index in [1.54, 1.807) is 0 Å². The van der Waals surface area contributed by atoms with Crippen LogP contribution in [0.1, 0.15) is 59.3 Å². The molecule has 1 rings (SSSR count). The van der Waals surface area contributed by atoms with Crippen LogP contribution in [-0.2, 0) is 4.79 Å². The minimum Gasteiger partial charge on any atom is -0.294 e. The van der Waals surface area contributed by atoms with Crippen molar-refractivity contribution in [3.63, 3.8) is 0 Å². The Morgan fingerprint density at radius 2 is 1.94 bits per heavy atom. The first-order valence-corrected chi connectivity index (χ1v) is 6.56. The Morgan fingerprint density at radius 3 is 2.50 bits per heavy atom. The largest absolute Gasteiger partial charge is 0.294 e. The lowest BCUT2D eigenvalue weighted by molar-refractivity contribution is -0.121. The third-order valence-electron chi connectivity index (χ3n) is 3.60. The quantitative estimate of drug-likeness (QED) is 0.605. The van der Waals surface area contributed by atoms with E-state index >= 15 is 0 Å². The standard InChI is InChI=1S/C15H24O/c1-4-6-7-8-9-13-10-11-15(3,5-2)14(16)12-13/h10-12H,4-9H2,1-3H3. The highest BCUT2D eigenvalue weighted by atomic mass is 16.1. The third-order valence-corrected chi connectivity index (χ3v) is 3.60. The van der Waals surface area contributed by atoms with Gasteiger partial charge in [-0.3, -0.25) is 4.79 Å². The van der Waals surface area contributed by atoms with Gasteiger partial charge >= 0.3 is 0 Å². The molecule has 0 spiro atoms. The van der Waals surface area contributed by atoms with Crippen molar-refractivity contribution in [2.45, 2.75) is 59.3 Å². The first-order chi connectivity index (χ1) is 7.62. The minimum absolute atomic E-state index is 0.243. The average Bonchev–Trinajstić information content (AvgIpc) is 2.29. The molecule has 0 amide bonds. The van der Waals surface area contributed by atoms with Crippen LogP contribution in [0, 0.1) is 5.41 Å². The lowest BCUT2D eigenvalue weighted by Crippen LogP contribution is -2.25. The molecule has 0 radical (unpaired) electrons. The molecule has 0 aromatic heterocycles. The summed E-state index contributed by atoms with van der Waals surface area (Å²) in [6, 6.07) is 0. The van der Waals surface area contributed by atoms with E-state index in [1.807, 2.05) is 13.0 Å². The summed E-state index contributed by atoms with van der Waals surface area (Å²) < 4.78 is 0. The van der Waals surface area contributed by atoms with Gasteiger partial charge in [-0.05, 0) is 37.8 Å². The van der Waals surface area contributed by atoms with Crippen LogP contribution in [0.5, 0.6) is 0 Å². The van der Waals surface area contributed by atoms with E-state index in [-0.39, 0.29) is 11.2 Å². The van der Waals surface area contributed by atoms with E-state index in [0.717, 1.165) is 12.8 Å². The highest BCUT2D eigenvalue weighted by molar-refractivity contribution is 5.98. The highest BCUT2D eigenvalue weighted by Crippen LogP contribution is 2.30. The Bertz CT molecular complexity index is 299. The van der Waals surface area contributed by atoms with E-state index < -0.39 is 0 Å². The van der Waals surface area contributed by atoms with Crippen molar-refractivity contribution in [1.82, 2.24) is 0 Å². The van der Waals surface area contributed by atoms with Crippen LogP contribution in [0.15, 0.2) is 23.8 Å². The molecule has 0 saturated heterocycles. The van der Waals surface area contributed by atoms with Gasteiger partial charge in [0.15, 0.2) is 5.78 Å². The van der Waals surface area contributed by atoms with Crippen LogP contribution in [-0.4, -0.2) is 5.78 Å². The average molecular weight is 220 g/mol. The van der Waals surface area contributed by atoms with Gasteiger partial charge in [0, 0.05) is 5.41 Å². The van der Waals surface area contributed by atoms with Crippen LogP contribution in [0.3, 0.4) is 0 Å². The van der Waals surface area contributed by atoms with E-state index in [0.29, 0.717) is 0 Å². The van der Waals surface area contributed by atoms with Gasteiger partial charge in [0.05, 0.1) is 0 Å². The maximum Gasteiger partial charge on any atom is 0.165 e. The number of carbonyl (C=O) groups is 1. The zero-order chi connectivity index (χ0) is 12.0. The fourth-order valence-electron chi connectivity index (χ4n) is 1.96. The molecule has 90 valence electrons. The van der Waals surface area contributed by atoms with Gasteiger partial charge in [-0.2, -0.15) is 0 Å². The van der Waals surface area contributed by atoms with Crippen molar-refractivity contribution in [1.29, 1.82) is 0 Å². The molecule has 0 fully saturated rings. The first-order valence-electron chi connectivity index (χ1n) is 6.56. The third kappa shape index (κ3) is 3.33. The monoisotopic (exact) mass is 220 g/mol. The number of hydrogen-bond donors (Lipinski definition) is 0. The molecule has 1 aliphatic carbocycles. The minimum atomic E-state index is -0.243. The summed E-state index contributed by atoms with van der Waals surface area (Å²) in [5.41, 5.74) is 0.972. The molecule has 0 aliphatic heterocycles. The summed E-state index contributed by atoms with van der Waals surface area (Å²) in [6.45, 7) is 6.31. The second-order valence-corrected chi connectivity index (χ2v) is 5.00. The second-order valence-electron chi connectivity index (χ2n) is 5.00. The number of ketones is 1. The van der Waals surface area contributed by atoms with Crippen LogP contribution < -0.4 is 0 Å². The lowest BCUT2D eigenvalue weighted by Gasteiger charge is -2.24. The summed E-state index contributed by atoms with van der Waals surface area (Å²) in [5.74, 6) is 0.281. The molecular formula is C15H24O. The van der Waals surface area contributed by atoms with Gasteiger partial charge in [0.25, 0.3) is 0 Å². The van der Waals surface area contributed by atoms with Crippen LogP contribution in [0.2, 0.25) is 0 Å². The number of allylic oxidation sites excluding steroid dienone is 4. The molecule has 16 heavy (non-hydrogen) atoms. The normalized spacial score (nSPS) is 24.7. The number of rotatable bonds is 6. The zero-order valence-corrected chi connectivity index (χ0v) is 10.9. The predicted molar refractivity (Wildman–Crippen MR) is 69.4 cm³/mol. The molecular weight excluding hydrogens is 196 g/mol. The smallest absolute Gasteiger partial charge is 0.165 e. The predicted octanol–water partition coefficient (Wildman–Crippen LogP) is 4.44. The summed E-state index contributed by atoms with van der Waals surface area (Å²) >= 11 is 0. The fraction of sp³-hybridized carbons (Fsp3) is 0.667. The molecule has 1 unspecified atom stereocenters. The number of hydrogen-bond acceptors (Lipinski definition) is 1. The Labute approximate surface area is 99.6 Å². The molecule has 1 heteroatoms. The maximum absolute atomic E-state index is 11.9. The van der Waals surface area contributed by atoms with Crippen LogP contribution >= 0.6 is 0 Å². The summed E-state index contributed by atoms with van der Waals surface area (Å²) in [4.78, 5) is 11.9. The van der Waals surface area contributed by atoms with Gasteiger partial charge in [-0.15, -0.1) is 0 Å². The van der Waals surface area contributed by atoms with E-state index in [9.17, 15) is 4.79 Å². The Balaban J connectivity index is 2.45. The van der Waals surface area contributed by atoms with Gasteiger partial charge < -0.3 is 0 Å². The van der Waals surface area contributed by atoms with Gasteiger partial charge in [0.1, 0.15) is 0 Å². The van der Waals surface area contributed by atoms with Gasteiger partial charge in [-0.1, -0.05) is 45.3 Å². The highest BCUT2D eigenvalue weighted by Gasteiger charge is 2.28. The molecule has 1 nitrogen and oxygen atoms in total. The molecule has 0 heterocycles. The number of unbranched alkanes of at least 4 members (excludes halogenated alkanes) is 3. The summed E-state index contributed by atoms with van der Waals surface area (Å²) in [6.07, 6.45) is 13.1. The van der Waals surface area contributed by atoms with Crippen molar-refractivity contribution in [2.75, 3.05) is 0 Å². The first kappa shape index (κ1) is 13.2. The Hall–Kier alpha value is -0.850. The van der Waals surface area contributed by atoms with E-state index in [1.165, 1.54) is 31.3 Å². The van der Waals surface area contributed by atoms with Crippen molar-refractivity contribution in [3.05, 3.63) is 23.8 Å². The van der Waals surface area contributed by atoms with Crippen molar-refractivity contribution >= 4 is 5.78 Å². The van der Waals surface area contributed by atoms with Crippen molar-refractivity contribution in [2.24, 2.45) is 5.41 Å². The van der Waals surface area contributed by atoms with E-state index in [2.05, 4.69) is 26.0 Å². The molecule has 0 N–H and O–H groups in total. The Kier molecular flexibility index (Phi) is 4.98. The molecule has 0 aromatic rings. The molecule has 0 saturated carbocycles. The van der Waals surface area contributed by atoms with Crippen LogP contribution in [0.25, 0.3) is 0 Å². The van der Waals surface area contributed by atoms with Crippen molar-refractivity contribution in [3.8, 4) is 0 Å². The second kappa shape index (κ2) is 6.03. The van der Waals surface area contributed by atoms with Gasteiger partial charge in [-0.25, -0.2) is 0 Å². The molecule has 1 atom stereocenters. The zero-order valence-electron chi connectivity index (χ0n) is 10.9. The van der Waals surface area contributed by atoms with E-state index in [4.69, 9.17) is 0 Å². The summed E-state index contributed by atoms with van der Waals surface area (Å²) in [5, 5.41) is 0. The van der Waals surface area contributed by atoms with Gasteiger partial charge in [0.2, 0.25) is 0 Å². The number of carbonyl (C=O) groups excluding carboxylic acids is 1. The SMILES string of the molecule is CCCCCCC1=CC(=O)C(C)(CC)C=C1. The molecule has 1 aliphatic rings. The fourth-order valence-corrected chi connectivity index (χ4v) is 1.96. The molecule has 0 aromatic carbocycles. The Morgan fingerprint density at radius 1 is 1.19 bits per heavy atom. The lowest BCUT2D eigenvalue weighted by atomic mass is 9.78. The topological polar surface area (TPSA) is 17.1 Å².